The Morgan fingerprint density at radius 3 is 2.89 bits per heavy atom. The Bertz CT molecular complexity index is 851. The molecule has 1 N–H and O–H groups in total. The summed E-state index contributed by atoms with van der Waals surface area (Å²) < 4.78 is 5.21. The van der Waals surface area contributed by atoms with Gasteiger partial charge in [-0.15, -0.1) is 0 Å². The van der Waals surface area contributed by atoms with Crippen molar-refractivity contribution in [3.05, 3.63) is 24.1 Å². The van der Waals surface area contributed by atoms with Crippen molar-refractivity contribution in [1.29, 1.82) is 0 Å². The first-order valence-electron chi connectivity index (χ1n) is 9.68. The number of fused-ring (bicyclic) bond motifs is 1. The molecule has 0 aliphatic carbocycles. The average Bonchev–Trinajstić information content (AvgIpc) is 3.06. The summed E-state index contributed by atoms with van der Waals surface area (Å²) in [5, 5.41) is 7.51. The molecule has 2 aromatic heterocycles. The number of aromatic nitrogens is 2. The number of likely N-dealkylation sites (tertiary alicyclic amines) is 1. The number of nitrogens with zero attached hydrogens (tertiary/aromatic N) is 4. The number of hydrogen-bond acceptors (Lipinski definition) is 7. The summed E-state index contributed by atoms with van der Waals surface area (Å²) in [5.41, 5.74) is 0.427. The van der Waals surface area contributed by atoms with Crippen molar-refractivity contribution in [3.8, 4) is 0 Å². The normalized spacial score (nSPS) is 24.1. The minimum atomic E-state index is -0.285. The van der Waals surface area contributed by atoms with Crippen LogP contribution in [0.5, 0.6) is 0 Å². The van der Waals surface area contributed by atoms with Crippen molar-refractivity contribution < 1.29 is 14.1 Å². The molecule has 4 rings (SSSR count). The number of carbonyl (C=O) groups is 2. The molecule has 0 unspecified atom stereocenters. The predicted octanol–water partition coefficient (Wildman–Crippen LogP) is 1.24. The van der Waals surface area contributed by atoms with Gasteiger partial charge in [-0.1, -0.05) is 5.16 Å². The van der Waals surface area contributed by atoms with E-state index in [0.717, 1.165) is 44.0 Å². The minimum absolute atomic E-state index is 0.00897. The van der Waals surface area contributed by atoms with Gasteiger partial charge in [0.2, 0.25) is 17.3 Å². The number of thioether (sulfide) groups is 1. The van der Waals surface area contributed by atoms with Gasteiger partial charge in [0, 0.05) is 49.9 Å². The van der Waals surface area contributed by atoms with Crippen LogP contribution in [-0.4, -0.2) is 82.5 Å². The summed E-state index contributed by atoms with van der Waals surface area (Å²) in [5.74, 6) is 2.19. The SMILES string of the molecule is CN1C[C@@H](NC(=O)c2onc3ncccc23)CC[C@@H](C(=O)N2CCSCC2)C1. The zero-order valence-electron chi connectivity index (χ0n) is 16.0. The van der Waals surface area contributed by atoms with Crippen molar-refractivity contribution in [1.82, 2.24) is 25.3 Å². The second kappa shape index (κ2) is 8.48. The van der Waals surface area contributed by atoms with Gasteiger partial charge >= 0.3 is 0 Å². The van der Waals surface area contributed by atoms with Crippen molar-refractivity contribution in [2.45, 2.75) is 18.9 Å². The lowest BCUT2D eigenvalue weighted by Gasteiger charge is -2.30. The second-order valence-corrected chi connectivity index (χ2v) is 8.71. The van der Waals surface area contributed by atoms with Crippen molar-refractivity contribution in [2.24, 2.45) is 5.92 Å². The number of hydrogen-bond donors (Lipinski definition) is 1. The van der Waals surface area contributed by atoms with Crippen LogP contribution in [0.4, 0.5) is 0 Å². The van der Waals surface area contributed by atoms with Gasteiger partial charge in [-0.3, -0.25) is 9.59 Å². The fourth-order valence-corrected chi connectivity index (χ4v) is 4.88. The molecule has 0 saturated carbocycles. The Morgan fingerprint density at radius 1 is 1.25 bits per heavy atom. The van der Waals surface area contributed by atoms with Crippen LogP contribution in [0.2, 0.25) is 0 Å². The molecular formula is C19H25N5O3S. The molecule has 150 valence electrons. The lowest BCUT2D eigenvalue weighted by atomic mass is 10.00. The van der Waals surface area contributed by atoms with Crippen LogP contribution >= 0.6 is 11.8 Å². The highest BCUT2D eigenvalue weighted by Crippen LogP contribution is 2.21. The third-order valence-corrected chi connectivity index (χ3v) is 6.34. The van der Waals surface area contributed by atoms with Gasteiger partial charge in [0.05, 0.1) is 11.3 Å². The number of rotatable bonds is 3. The number of likely N-dealkylation sites (N-methyl/N-ethyl adjacent to an activating group) is 1. The second-order valence-electron chi connectivity index (χ2n) is 7.49. The van der Waals surface area contributed by atoms with Gasteiger partial charge in [0.25, 0.3) is 5.91 Å². The molecular weight excluding hydrogens is 378 g/mol. The molecule has 4 heterocycles. The molecule has 9 heteroatoms. The van der Waals surface area contributed by atoms with Crippen molar-refractivity contribution >= 4 is 34.6 Å². The molecule has 8 nitrogen and oxygen atoms in total. The van der Waals surface area contributed by atoms with E-state index in [1.54, 1.807) is 18.3 Å². The molecule has 2 amide bonds. The highest BCUT2D eigenvalue weighted by Gasteiger charge is 2.31. The summed E-state index contributed by atoms with van der Waals surface area (Å²) in [6, 6.07) is 3.49. The van der Waals surface area contributed by atoms with Gasteiger partial charge in [-0.2, -0.15) is 11.8 Å². The van der Waals surface area contributed by atoms with Crippen molar-refractivity contribution in [3.63, 3.8) is 0 Å². The third-order valence-electron chi connectivity index (χ3n) is 5.40. The maximum absolute atomic E-state index is 12.9. The Hall–Kier alpha value is -2.13. The quantitative estimate of drug-likeness (QED) is 0.824. The van der Waals surface area contributed by atoms with Crippen LogP contribution in [0.3, 0.4) is 0 Å². The molecule has 0 spiro atoms. The molecule has 28 heavy (non-hydrogen) atoms. The van der Waals surface area contributed by atoms with E-state index < -0.39 is 0 Å². The number of carbonyl (C=O) groups excluding carboxylic acids is 2. The highest BCUT2D eigenvalue weighted by molar-refractivity contribution is 7.99. The Kier molecular flexibility index (Phi) is 5.82. The highest BCUT2D eigenvalue weighted by atomic mass is 32.2. The summed E-state index contributed by atoms with van der Waals surface area (Å²) in [4.78, 5) is 33.8. The number of nitrogens with one attached hydrogen (secondary N) is 1. The van der Waals surface area contributed by atoms with E-state index in [2.05, 4.69) is 20.4 Å². The van der Waals surface area contributed by atoms with E-state index in [9.17, 15) is 9.59 Å². The molecule has 2 aliphatic rings. The predicted molar refractivity (Wildman–Crippen MR) is 107 cm³/mol. The Balaban J connectivity index is 1.39. The van der Waals surface area contributed by atoms with Crippen LogP contribution in [0.1, 0.15) is 23.4 Å². The maximum Gasteiger partial charge on any atom is 0.290 e. The first-order chi connectivity index (χ1) is 13.6. The topological polar surface area (TPSA) is 91.6 Å². The lowest BCUT2D eigenvalue weighted by molar-refractivity contribution is -0.135. The zero-order valence-corrected chi connectivity index (χ0v) is 16.8. The first-order valence-corrected chi connectivity index (χ1v) is 10.8. The molecule has 2 saturated heterocycles. The summed E-state index contributed by atoms with van der Waals surface area (Å²) >= 11 is 1.90. The molecule has 2 aliphatic heterocycles. The number of pyridine rings is 1. The van der Waals surface area contributed by atoms with Crippen molar-refractivity contribution in [2.75, 3.05) is 44.7 Å². The summed E-state index contributed by atoms with van der Waals surface area (Å²) in [7, 11) is 2.00. The Labute approximate surface area is 168 Å². The minimum Gasteiger partial charge on any atom is -0.348 e. The van der Waals surface area contributed by atoms with Crippen LogP contribution in [0, 0.1) is 5.92 Å². The lowest BCUT2D eigenvalue weighted by Crippen LogP contribution is -2.44. The fourth-order valence-electron chi connectivity index (χ4n) is 3.97. The van der Waals surface area contributed by atoms with E-state index in [0.29, 0.717) is 17.6 Å². The van der Waals surface area contributed by atoms with E-state index >= 15 is 0 Å². The summed E-state index contributed by atoms with van der Waals surface area (Å²) in [6.07, 6.45) is 3.15. The maximum atomic E-state index is 12.9. The zero-order chi connectivity index (χ0) is 19.5. The largest absolute Gasteiger partial charge is 0.348 e. The van der Waals surface area contributed by atoms with Gasteiger partial charge < -0.3 is 19.6 Å². The summed E-state index contributed by atoms with van der Waals surface area (Å²) in [6.45, 7) is 3.12. The molecule has 2 fully saturated rings. The van der Waals surface area contributed by atoms with Gasteiger partial charge in [0.15, 0.2) is 0 Å². The van der Waals surface area contributed by atoms with Gasteiger partial charge in [-0.05, 0) is 32.0 Å². The third kappa shape index (κ3) is 4.15. The first kappa shape index (κ1) is 19.2. The number of amides is 2. The van der Waals surface area contributed by atoms with Crippen LogP contribution in [0.15, 0.2) is 22.9 Å². The molecule has 2 aromatic rings. The van der Waals surface area contributed by atoms with E-state index in [1.165, 1.54) is 0 Å². The molecule has 2 atom stereocenters. The standard InChI is InChI=1S/C19H25N5O3S/c1-23-11-13(19(26)24-7-9-28-10-8-24)4-5-14(12-23)21-18(25)16-15-3-2-6-20-17(15)22-27-16/h2-3,6,13-14H,4-5,7-12H2,1H3,(H,21,25)/t13-,14+/m1/s1. The average molecular weight is 404 g/mol. The van der Waals surface area contributed by atoms with Crippen LogP contribution in [-0.2, 0) is 4.79 Å². The molecule has 0 bridgehead atoms. The van der Waals surface area contributed by atoms with Crippen LogP contribution < -0.4 is 5.32 Å². The fraction of sp³-hybridized carbons (Fsp3) is 0.579. The van der Waals surface area contributed by atoms with E-state index in [1.807, 2.05) is 23.7 Å². The monoisotopic (exact) mass is 403 g/mol. The van der Waals surface area contributed by atoms with Gasteiger partial charge in [0.1, 0.15) is 0 Å². The van der Waals surface area contributed by atoms with Gasteiger partial charge in [-0.25, -0.2) is 4.98 Å². The smallest absolute Gasteiger partial charge is 0.290 e. The van der Waals surface area contributed by atoms with Crippen LogP contribution in [0.25, 0.3) is 11.0 Å². The van der Waals surface area contributed by atoms with E-state index in [4.69, 9.17) is 4.52 Å². The molecule has 0 aromatic carbocycles. The van der Waals surface area contributed by atoms with E-state index in [-0.39, 0.29) is 29.5 Å². The Morgan fingerprint density at radius 2 is 2.07 bits per heavy atom. The molecule has 0 radical (unpaired) electrons.